The van der Waals surface area contributed by atoms with Crippen LogP contribution in [0.1, 0.15) is 23.5 Å². The zero-order valence-corrected chi connectivity index (χ0v) is 13.5. The van der Waals surface area contributed by atoms with Crippen LogP contribution in [-0.4, -0.2) is 15.9 Å². The van der Waals surface area contributed by atoms with E-state index in [1.807, 2.05) is 24.3 Å². The third kappa shape index (κ3) is 4.01. The van der Waals surface area contributed by atoms with Crippen LogP contribution in [0.15, 0.2) is 33.5 Å². The fraction of sp³-hybridized carbons (Fsp3) is 0.267. The lowest BCUT2D eigenvalue weighted by atomic mass is 10.1. The fourth-order valence-corrected chi connectivity index (χ4v) is 2.44. The van der Waals surface area contributed by atoms with Gasteiger partial charge < -0.3 is 10.3 Å². The second-order valence-electron chi connectivity index (χ2n) is 4.74. The van der Waals surface area contributed by atoms with Crippen LogP contribution in [0.25, 0.3) is 0 Å². The van der Waals surface area contributed by atoms with Gasteiger partial charge in [0, 0.05) is 22.2 Å². The molecule has 0 atom stereocenters. The van der Waals surface area contributed by atoms with Gasteiger partial charge in [0.15, 0.2) is 0 Å². The molecule has 0 unspecified atom stereocenters. The van der Waals surface area contributed by atoms with Gasteiger partial charge in [-0.25, -0.2) is 4.98 Å². The molecule has 0 spiro atoms. The van der Waals surface area contributed by atoms with E-state index in [0.29, 0.717) is 23.5 Å². The van der Waals surface area contributed by atoms with Crippen LogP contribution in [0.3, 0.4) is 0 Å². The first-order valence-electron chi connectivity index (χ1n) is 6.58. The van der Waals surface area contributed by atoms with Gasteiger partial charge in [-0.1, -0.05) is 12.1 Å². The van der Waals surface area contributed by atoms with E-state index in [9.17, 15) is 9.59 Å². The van der Waals surface area contributed by atoms with Crippen molar-refractivity contribution in [2.45, 2.75) is 26.7 Å². The molecule has 1 heterocycles. The van der Waals surface area contributed by atoms with E-state index < -0.39 is 0 Å². The SMILES string of the molecule is Cc1nc(C)c(CCC(=O)Nc2ccccc2Br)c(=O)[nH]1. The summed E-state index contributed by atoms with van der Waals surface area (Å²) < 4.78 is 0.824. The van der Waals surface area contributed by atoms with Crippen molar-refractivity contribution in [3.63, 3.8) is 0 Å². The Hall–Kier alpha value is -1.95. The maximum Gasteiger partial charge on any atom is 0.254 e. The summed E-state index contributed by atoms with van der Waals surface area (Å²) in [4.78, 5) is 30.7. The first-order chi connectivity index (χ1) is 9.97. The smallest absolute Gasteiger partial charge is 0.254 e. The van der Waals surface area contributed by atoms with Crippen LogP contribution >= 0.6 is 15.9 Å². The quantitative estimate of drug-likeness (QED) is 0.890. The third-order valence-corrected chi connectivity index (χ3v) is 3.78. The predicted molar refractivity (Wildman–Crippen MR) is 85.4 cm³/mol. The Morgan fingerprint density at radius 1 is 1.33 bits per heavy atom. The van der Waals surface area contributed by atoms with Crippen molar-refractivity contribution in [3.8, 4) is 0 Å². The molecular formula is C15H16BrN3O2. The van der Waals surface area contributed by atoms with Gasteiger partial charge in [-0.2, -0.15) is 0 Å². The van der Waals surface area contributed by atoms with Gasteiger partial charge in [0.2, 0.25) is 5.91 Å². The van der Waals surface area contributed by atoms with Crippen LogP contribution in [0.5, 0.6) is 0 Å². The molecule has 2 N–H and O–H groups in total. The zero-order chi connectivity index (χ0) is 15.4. The highest BCUT2D eigenvalue weighted by Crippen LogP contribution is 2.21. The lowest BCUT2D eigenvalue weighted by molar-refractivity contribution is -0.116. The molecule has 0 aliphatic rings. The molecule has 1 aromatic carbocycles. The lowest BCUT2D eigenvalue weighted by Gasteiger charge is -2.08. The molecule has 0 saturated carbocycles. The molecule has 2 rings (SSSR count). The fourth-order valence-electron chi connectivity index (χ4n) is 2.06. The molecule has 21 heavy (non-hydrogen) atoms. The Morgan fingerprint density at radius 3 is 2.71 bits per heavy atom. The second-order valence-corrected chi connectivity index (χ2v) is 5.60. The van der Waals surface area contributed by atoms with Gasteiger partial charge in [-0.05, 0) is 48.3 Å². The van der Waals surface area contributed by atoms with Crippen molar-refractivity contribution in [2.75, 3.05) is 5.32 Å². The van der Waals surface area contributed by atoms with Gasteiger partial charge >= 0.3 is 0 Å². The van der Waals surface area contributed by atoms with Gasteiger partial charge in [0.05, 0.1) is 5.69 Å². The number of para-hydroxylation sites is 1. The number of carbonyl (C=O) groups excluding carboxylic acids is 1. The number of nitrogens with one attached hydrogen (secondary N) is 2. The predicted octanol–water partition coefficient (Wildman–Crippen LogP) is 2.72. The van der Waals surface area contributed by atoms with Gasteiger partial charge in [0.1, 0.15) is 5.82 Å². The molecule has 110 valence electrons. The van der Waals surface area contributed by atoms with Crippen molar-refractivity contribution < 1.29 is 4.79 Å². The highest BCUT2D eigenvalue weighted by atomic mass is 79.9. The van der Waals surface area contributed by atoms with Gasteiger partial charge in [-0.15, -0.1) is 0 Å². The van der Waals surface area contributed by atoms with E-state index in [1.54, 1.807) is 13.8 Å². The second kappa shape index (κ2) is 6.67. The average Bonchev–Trinajstić information content (AvgIpc) is 2.40. The number of hydrogen-bond acceptors (Lipinski definition) is 3. The molecule has 0 saturated heterocycles. The normalized spacial score (nSPS) is 10.4. The van der Waals surface area contributed by atoms with E-state index in [4.69, 9.17) is 0 Å². The van der Waals surface area contributed by atoms with Crippen molar-refractivity contribution in [2.24, 2.45) is 0 Å². The zero-order valence-electron chi connectivity index (χ0n) is 11.9. The maximum atomic E-state index is 12.0. The van der Waals surface area contributed by atoms with Crippen molar-refractivity contribution in [3.05, 3.63) is 56.2 Å². The summed E-state index contributed by atoms with van der Waals surface area (Å²) in [5, 5.41) is 2.81. The molecule has 0 fully saturated rings. The number of aryl methyl sites for hydroxylation is 2. The molecule has 5 nitrogen and oxygen atoms in total. The number of carbonyl (C=O) groups is 1. The topological polar surface area (TPSA) is 74.8 Å². The molecule has 1 amide bonds. The largest absolute Gasteiger partial charge is 0.325 e. The third-order valence-electron chi connectivity index (χ3n) is 3.09. The lowest BCUT2D eigenvalue weighted by Crippen LogP contribution is -2.20. The standard InChI is InChI=1S/C15H16BrN3O2/c1-9-11(15(21)18-10(2)17-9)7-8-14(20)19-13-6-4-3-5-12(13)16/h3-6H,7-8H2,1-2H3,(H,19,20)(H,17,18,21). The Bertz CT molecular complexity index is 725. The minimum Gasteiger partial charge on any atom is -0.325 e. The van der Waals surface area contributed by atoms with Gasteiger partial charge in [0.25, 0.3) is 5.56 Å². The minimum atomic E-state index is -0.173. The van der Waals surface area contributed by atoms with E-state index in [-0.39, 0.29) is 17.9 Å². The highest BCUT2D eigenvalue weighted by Gasteiger charge is 2.10. The van der Waals surface area contributed by atoms with Gasteiger partial charge in [-0.3, -0.25) is 9.59 Å². The number of hydrogen-bond donors (Lipinski definition) is 2. The summed E-state index contributed by atoms with van der Waals surface area (Å²) in [7, 11) is 0. The number of amides is 1. The van der Waals surface area contributed by atoms with Crippen molar-refractivity contribution in [1.82, 2.24) is 9.97 Å². The molecule has 1 aromatic heterocycles. The molecule has 0 aliphatic heterocycles. The van der Waals surface area contributed by atoms with Crippen molar-refractivity contribution >= 4 is 27.5 Å². The molecule has 6 heteroatoms. The monoisotopic (exact) mass is 349 g/mol. The molecule has 0 aliphatic carbocycles. The molecule has 0 radical (unpaired) electrons. The number of anilines is 1. The first kappa shape index (κ1) is 15.4. The molecular weight excluding hydrogens is 334 g/mol. The molecule has 0 bridgehead atoms. The van der Waals surface area contributed by atoms with Crippen LogP contribution in [-0.2, 0) is 11.2 Å². The van der Waals surface area contributed by atoms with Crippen molar-refractivity contribution in [1.29, 1.82) is 0 Å². The average molecular weight is 350 g/mol. The van der Waals surface area contributed by atoms with E-state index in [0.717, 1.165) is 10.2 Å². The van der Waals surface area contributed by atoms with E-state index in [2.05, 4.69) is 31.2 Å². The minimum absolute atomic E-state index is 0.138. The van der Waals surface area contributed by atoms with Crippen LogP contribution in [0, 0.1) is 13.8 Å². The summed E-state index contributed by atoms with van der Waals surface area (Å²) in [6.45, 7) is 3.51. The summed E-state index contributed by atoms with van der Waals surface area (Å²) in [6, 6.07) is 7.39. The number of benzene rings is 1. The summed E-state index contributed by atoms with van der Waals surface area (Å²) in [5.74, 6) is 0.445. The number of H-pyrrole nitrogens is 1. The number of nitrogens with zero attached hydrogens (tertiary/aromatic N) is 1. The van der Waals surface area contributed by atoms with Crippen LogP contribution in [0.2, 0.25) is 0 Å². The molecule has 2 aromatic rings. The van der Waals surface area contributed by atoms with E-state index in [1.165, 1.54) is 0 Å². The summed E-state index contributed by atoms with van der Waals surface area (Å²) >= 11 is 3.37. The Kier molecular flexibility index (Phi) is 4.90. The summed E-state index contributed by atoms with van der Waals surface area (Å²) in [5.41, 5.74) is 1.77. The number of aromatic nitrogens is 2. The highest BCUT2D eigenvalue weighted by molar-refractivity contribution is 9.10. The maximum absolute atomic E-state index is 12.0. The first-order valence-corrected chi connectivity index (χ1v) is 7.37. The van der Waals surface area contributed by atoms with Crippen LogP contribution in [0.4, 0.5) is 5.69 Å². The summed E-state index contributed by atoms with van der Waals surface area (Å²) in [6.07, 6.45) is 0.598. The Balaban J connectivity index is 2.02. The number of aromatic amines is 1. The number of rotatable bonds is 4. The Labute approximate surface area is 130 Å². The van der Waals surface area contributed by atoms with Crippen LogP contribution < -0.4 is 10.9 Å². The number of halogens is 1. The van der Waals surface area contributed by atoms with E-state index >= 15 is 0 Å². The Morgan fingerprint density at radius 2 is 2.05 bits per heavy atom.